The summed E-state index contributed by atoms with van der Waals surface area (Å²) in [5.41, 5.74) is 1.05. The van der Waals surface area contributed by atoms with Crippen LogP contribution in [0, 0.1) is 0 Å². The molecule has 30 heavy (non-hydrogen) atoms. The highest BCUT2D eigenvalue weighted by Gasteiger charge is 2.28. The van der Waals surface area contributed by atoms with Gasteiger partial charge in [0, 0.05) is 11.4 Å². The van der Waals surface area contributed by atoms with Gasteiger partial charge >= 0.3 is 12.1 Å². The van der Waals surface area contributed by atoms with Gasteiger partial charge in [0.2, 0.25) is 0 Å². The summed E-state index contributed by atoms with van der Waals surface area (Å²) >= 11 is 23.8. The smallest absolute Gasteiger partial charge is 0.319 e. The number of rotatable bonds is 4. The summed E-state index contributed by atoms with van der Waals surface area (Å²) in [6.07, 6.45) is 3.44. The van der Waals surface area contributed by atoms with Gasteiger partial charge in [0.25, 0.3) is 0 Å². The summed E-state index contributed by atoms with van der Waals surface area (Å²) in [5, 5.41) is 12.9. The molecule has 0 aromatic heterocycles. The molecule has 0 saturated heterocycles. The Hall–Kier alpha value is -1.86. The topological polar surface area (TPSA) is 82.3 Å². The maximum atomic E-state index is 12.4. The molecule has 10 heteroatoms. The van der Waals surface area contributed by atoms with Gasteiger partial charge < -0.3 is 21.3 Å². The molecule has 2 aromatic carbocycles. The molecule has 0 bridgehead atoms. The Morgan fingerprint density at radius 2 is 1.07 bits per heavy atom. The molecule has 4 N–H and O–H groups in total. The van der Waals surface area contributed by atoms with E-state index in [9.17, 15) is 9.59 Å². The Kier molecular flexibility index (Phi) is 7.94. The van der Waals surface area contributed by atoms with Gasteiger partial charge in [0.1, 0.15) is 0 Å². The van der Waals surface area contributed by atoms with Crippen molar-refractivity contribution in [2.24, 2.45) is 0 Å². The maximum absolute atomic E-state index is 12.4. The van der Waals surface area contributed by atoms with E-state index in [1.807, 2.05) is 0 Å². The summed E-state index contributed by atoms with van der Waals surface area (Å²) in [6.45, 7) is 0. The van der Waals surface area contributed by atoms with E-state index < -0.39 is 0 Å². The lowest BCUT2D eigenvalue weighted by molar-refractivity contribution is 0.225. The number of halogens is 4. The normalized spacial score (nSPS) is 18.4. The van der Waals surface area contributed by atoms with Crippen molar-refractivity contribution in [3.63, 3.8) is 0 Å². The van der Waals surface area contributed by atoms with Gasteiger partial charge in [-0.15, -0.1) is 0 Å². The van der Waals surface area contributed by atoms with E-state index in [1.54, 1.807) is 36.4 Å². The maximum Gasteiger partial charge on any atom is 0.319 e. The molecule has 0 radical (unpaired) electrons. The molecule has 0 heterocycles. The minimum atomic E-state index is -0.378. The molecule has 0 aliphatic heterocycles. The van der Waals surface area contributed by atoms with Crippen molar-refractivity contribution in [3.8, 4) is 0 Å². The predicted octanol–water partition coefficient (Wildman–Crippen LogP) is 6.55. The third-order valence-corrected chi connectivity index (χ3v) is 6.23. The zero-order valence-corrected chi connectivity index (χ0v) is 18.8. The molecule has 1 aliphatic carbocycles. The van der Waals surface area contributed by atoms with E-state index in [0.29, 0.717) is 31.5 Å². The molecular weight excluding hydrogens is 470 g/mol. The van der Waals surface area contributed by atoms with Gasteiger partial charge in [0.15, 0.2) is 0 Å². The predicted molar refractivity (Wildman–Crippen MR) is 123 cm³/mol. The summed E-state index contributed by atoms with van der Waals surface area (Å²) in [7, 11) is 0. The molecule has 3 rings (SSSR count). The van der Waals surface area contributed by atoms with Crippen molar-refractivity contribution in [2.75, 3.05) is 10.6 Å². The summed E-state index contributed by atoms with van der Waals surface area (Å²) in [6, 6.07) is 8.52. The monoisotopic (exact) mass is 488 g/mol. The van der Waals surface area contributed by atoms with Crippen molar-refractivity contribution in [1.82, 2.24) is 10.6 Å². The second-order valence-corrected chi connectivity index (χ2v) is 8.58. The van der Waals surface area contributed by atoms with Gasteiger partial charge in [-0.05, 0) is 49.2 Å². The van der Waals surface area contributed by atoms with Crippen molar-refractivity contribution >= 4 is 69.8 Å². The molecule has 4 amide bonds. The highest BCUT2D eigenvalue weighted by atomic mass is 35.5. The molecule has 2 atom stereocenters. The van der Waals surface area contributed by atoms with Crippen LogP contribution in [0.25, 0.3) is 0 Å². The van der Waals surface area contributed by atoms with E-state index >= 15 is 0 Å². The number of anilines is 2. The first-order valence-electron chi connectivity index (χ1n) is 9.37. The molecule has 160 valence electrons. The minimum Gasteiger partial charge on any atom is -0.333 e. The van der Waals surface area contributed by atoms with Gasteiger partial charge in [-0.2, -0.15) is 0 Å². The van der Waals surface area contributed by atoms with Crippen LogP contribution in [-0.2, 0) is 0 Å². The number of amides is 4. The molecule has 1 fully saturated rings. The van der Waals surface area contributed by atoms with Crippen LogP contribution in [0.5, 0.6) is 0 Å². The number of hydrogen-bond donors (Lipinski definition) is 4. The third-order valence-electron chi connectivity index (χ3n) is 4.75. The van der Waals surface area contributed by atoms with Crippen LogP contribution in [-0.4, -0.2) is 24.1 Å². The summed E-state index contributed by atoms with van der Waals surface area (Å²) < 4.78 is 0. The van der Waals surface area contributed by atoms with Crippen LogP contribution >= 0.6 is 46.4 Å². The van der Waals surface area contributed by atoms with E-state index in [2.05, 4.69) is 21.3 Å². The minimum absolute atomic E-state index is 0.207. The first kappa shape index (κ1) is 22.8. The summed E-state index contributed by atoms with van der Waals surface area (Å²) in [5.74, 6) is 0. The number of hydrogen-bond acceptors (Lipinski definition) is 2. The number of carbonyl (C=O) groups excluding carboxylic acids is 2. The molecule has 1 aliphatic rings. The second-order valence-electron chi connectivity index (χ2n) is 6.95. The van der Waals surface area contributed by atoms with E-state index in [-0.39, 0.29) is 24.1 Å². The van der Waals surface area contributed by atoms with Crippen LogP contribution in [0.3, 0.4) is 0 Å². The van der Waals surface area contributed by atoms with Crippen molar-refractivity contribution < 1.29 is 9.59 Å². The van der Waals surface area contributed by atoms with Gasteiger partial charge in [-0.3, -0.25) is 0 Å². The van der Waals surface area contributed by atoms with Crippen LogP contribution in [0.2, 0.25) is 20.1 Å². The van der Waals surface area contributed by atoms with Gasteiger partial charge in [-0.25, -0.2) is 9.59 Å². The van der Waals surface area contributed by atoms with E-state index in [1.165, 1.54) is 0 Å². The van der Waals surface area contributed by atoms with Crippen molar-refractivity contribution in [1.29, 1.82) is 0 Å². The zero-order valence-electron chi connectivity index (χ0n) is 15.8. The van der Waals surface area contributed by atoms with Gasteiger partial charge in [0.05, 0.1) is 32.2 Å². The van der Waals surface area contributed by atoms with Gasteiger partial charge in [-0.1, -0.05) is 59.2 Å². The lowest BCUT2D eigenvalue weighted by Gasteiger charge is -2.32. The Balaban J connectivity index is 1.57. The first-order valence-corrected chi connectivity index (χ1v) is 10.9. The molecule has 0 unspecified atom stereocenters. The number of carbonyl (C=O) groups is 2. The zero-order chi connectivity index (χ0) is 21.7. The molecule has 1 saturated carbocycles. The first-order chi connectivity index (χ1) is 14.3. The number of benzene rings is 2. The average Bonchev–Trinajstić information content (AvgIpc) is 2.69. The van der Waals surface area contributed by atoms with Crippen LogP contribution in [0.4, 0.5) is 21.0 Å². The van der Waals surface area contributed by atoms with E-state index in [4.69, 9.17) is 46.4 Å². The lowest BCUT2D eigenvalue weighted by Crippen LogP contribution is -2.54. The average molecular weight is 490 g/mol. The third kappa shape index (κ3) is 6.32. The highest BCUT2D eigenvalue weighted by molar-refractivity contribution is 6.42. The second kappa shape index (κ2) is 10.4. The van der Waals surface area contributed by atoms with Crippen LogP contribution in [0.15, 0.2) is 36.4 Å². The Labute approximate surface area is 194 Å². The van der Waals surface area contributed by atoms with Crippen molar-refractivity contribution in [2.45, 2.75) is 37.8 Å². The summed E-state index contributed by atoms with van der Waals surface area (Å²) in [4.78, 5) is 24.8. The van der Waals surface area contributed by atoms with E-state index in [0.717, 1.165) is 25.7 Å². The van der Waals surface area contributed by atoms with Crippen molar-refractivity contribution in [3.05, 3.63) is 56.5 Å². The number of nitrogens with one attached hydrogen (secondary N) is 4. The standard InChI is InChI=1S/C20H20Cl4N4O2/c21-13-7-5-11(9-15(13)23)25-19(29)27-17-3-1-2-4-18(17)28-20(30)26-12-6-8-14(22)16(24)10-12/h5-10,17-18H,1-4H2,(H2,25,27,29)(H2,26,28,30)/t17-,18+. The quantitative estimate of drug-likeness (QED) is 0.392. The molecule has 2 aromatic rings. The molecule has 0 spiro atoms. The Morgan fingerprint density at radius 1 is 0.667 bits per heavy atom. The van der Waals surface area contributed by atoms with Crippen LogP contribution in [0.1, 0.15) is 25.7 Å². The largest absolute Gasteiger partial charge is 0.333 e. The fourth-order valence-electron chi connectivity index (χ4n) is 3.30. The molecule has 6 nitrogen and oxygen atoms in total. The fraction of sp³-hybridized carbons (Fsp3) is 0.300. The lowest BCUT2D eigenvalue weighted by atomic mass is 9.90. The fourth-order valence-corrected chi connectivity index (χ4v) is 3.89. The number of urea groups is 2. The Bertz CT molecular complexity index is 866. The van der Waals surface area contributed by atoms with Crippen LogP contribution < -0.4 is 21.3 Å². The molecular formula is C20H20Cl4N4O2. The Morgan fingerprint density at radius 3 is 1.43 bits per heavy atom. The highest BCUT2D eigenvalue weighted by Crippen LogP contribution is 2.26. The SMILES string of the molecule is O=C(Nc1ccc(Cl)c(Cl)c1)N[C@H]1CCCC[C@H]1NC(=O)Nc1ccc(Cl)c(Cl)c1.